The van der Waals surface area contributed by atoms with Gasteiger partial charge in [-0.15, -0.1) is 0 Å². The van der Waals surface area contributed by atoms with Crippen LogP contribution in [0.3, 0.4) is 0 Å². The predicted octanol–water partition coefficient (Wildman–Crippen LogP) is 7.83. The van der Waals surface area contributed by atoms with Gasteiger partial charge in [-0.3, -0.25) is 0 Å². The topological polar surface area (TPSA) is 89.5 Å². The van der Waals surface area contributed by atoms with Crippen LogP contribution in [-0.2, 0) is 15.0 Å². The van der Waals surface area contributed by atoms with E-state index in [1.807, 2.05) is 64.1 Å². The summed E-state index contributed by atoms with van der Waals surface area (Å²) in [6.07, 6.45) is 2.19. The number of fused-ring (bicyclic) bond motifs is 3. The lowest BCUT2D eigenvalue weighted by Gasteiger charge is -2.37. The maximum atomic E-state index is 12.4. The molecule has 0 atom stereocenters. The van der Waals surface area contributed by atoms with Crippen molar-refractivity contribution in [2.75, 3.05) is 26.4 Å². The van der Waals surface area contributed by atoms with E-state index >= 15 is 0 Å². The highest BCUT2D eigenvalue weighted by molar-refractivity contribution is 5.90. The number of hydrogen-bond acceptors (Lipinski definition) is 8. The molecule has 1 aliphatic carbocycles. The monoisotopic (exact) mass is 634 g/mol. The number of carbonyl (C=O) groups excluding carboxylic acids is 2. The van der Waals surface area contributed by atoms with Crippen molar-refractivity contribution >= 4 is 11.9 Å². The molecular weight excluding hydrogens is 596 g/mol. The molecule has 242 valence electrons. The van der Waals surface area contributed by atoms with E-state index in [0.717, 1.165) is 45.5 Å². The van der Waals surface area contributed by atoms with Gasteiger partial charge in [0.2, 0.25) is 11.5 Å². The van der Waals surface area contributed by atoms with Crippen LogP contribution in [0.5, 0.6) is 34.5 Å². The third-order valence-electron chi connectivity index (χ3n) is 7.82. The molecule has 0 saturated heterocycles. The Hall–Kier alpha value is -5.50. The van der Waals surface area contributed by atoms with Crippen molar-refractivity contribution in [1.29, 1.82) is 0 Å². The first kappa shape index (κ1) is 32.9. The number of hydrogen-bond donors (Lipinski definition) is 0. The van der Waals surface area contributed by atoms with Gasteiger partial charge in [0.15, 0.2) is 23.0 Å². The molecule has 0 saturated carbocycles. The zero-order chi connectivity index (χ0) is 33.6. The Kier molecular flexibility index (Phi) is 10.00. The van der Waals surface area contributed by atoms with Gasteiger partial charge in [-0.1, -0.05) is 61.7 Å². The normalized spacial score (nSPS) is 12.3. The van der Waals surface area contributed by atoms with E-state index in [-0.39, 0.29) is 36.2 Å². The second-order valence-electron chi connectivity index (χ2n) is 10.4. The molecule has 4 aromatic rings. The number of ether oxygens (including phenoxy) is 6. The van der Waals surface area contributed by atoms with Crippen LogP contribution in [0.15, 0.2) is 98.1 Å². The number of carbonyl (C=O) groups is 2. The fraction of sp³-hybridized carbons (Fsp3) is 0.231. The maximum absolute atomic E-state index is 12.4. The Balaban J connectivity index is 1.99. The quantitative estimate of drug-likeness (QED) is 0.0694. The average molecular weight is 635 g/mol. The second kappa shape index (κ2) is 14.3. The first-order valence-electron chi connectivity index (χ1n) is 15.6. The lowest BCUT2D eigenvalue weighted by molar-refractivity contribution is -0.130. The van der Waals surface area contributed by atoms with Crippen LogP contribution in [0.4, 0.5) is 0 Å². The predicted molar refractivity (Wildman–Crippen MR) is 180 cm³/mol. The zero-order valence-corrected chi connectivity index (χ0v) is 27.1. The van der Waals surface area contributed by atoms with E-state index in [4.69, 9.17) is 28.4 Å². The lowest BCUT2D eigenvalue weighted by atomic mass is 9.66. The van der Waals surface area contributed by atoms with Crippen LogP contribution in [0.2, 0.25) is 0 Å². The third kappa shape index (κ3) is 5.71. The van der Waals surface area contributed by atoms with E-state index in [1.54, 1.807) is 12.1 Å². The van der Waals surface area contributed by atoms with Crippen LogP contribution in [0, 0.1) is 0 Å². The summed E-state index contributed by atoms with van der Waals surface area (Å²) in [5.41, 5.74) is 4.33. The highest BCUT2D eigenvalue weighted by Gasteiger charge is 2.51. The van der Waals surface area contributed by atoms with E-state index in [1.165, 1.54) is 0 Å². The summed E-state index contributed by atoms with van der Waals surface area (Å²) in [6.45, 7) is 15.7. The number of rotatable bonds is 14. The molecule has 0 amide bonds. The summed E-state index contributed by atoms with van der Waals surface area (Å²) in [5.74, 6) is 0.506. The fourth-order valence-corrected chi connectivity index (χ4v) is 6.24. The summed E-state index contributed by atoms with van der Waals surface area (Å²) in [5, 5.41) is 0. The van der Waals surface area contributed by atoms with Gasteiger partial charge in [0.25, 0.3) is 0 Å². The molecule has 4 aromatic carbocycles. The number of esters is 2. The first-order valence-corrected chi connectivity index (χ1v) is 15.6. The first-order chi connectivity index (χ1) is 22.9. The number of benzene rings is 4. The highest BCUT2D eigenvalue weighted by Crippen LogP contribution is 2.62. The Morgan fingerprint density at radius 2 is 0.894 bits per heavy atom. The van der Waals surface area contributed by atoms with Crippen LogP contribution in [0.25, 0.3) is 11.1 Å². The summed E-state index contributed by atoms with van der Waals surface area (Å²) in [4.78, 5) is 24.8. The summed E-state index contributed by atoms with van der Waals surface area (Å²) in [6, 6.07) is 23.5. The van der Waals surface area contributed by atoms with E-state index in [9.17, 15) is 9.59 Å². The lowest BCUT2D eigenvalue weighted by Crippen LogP contribution is -2.30. The standard InChI is InChI=1S/C39H38O8/c1-7-33(40)46-31-23-21-29(35(42-9-3)37(31)44-11-5)39(27-19-15-13-17-25(27)26-18-14-16-20-28(26)39)30-22-24-32(47-34(41)8-2)38(45-12-6)36(30)43-10-4/h7-8,13-24H,1-2,9-12H2,3-6H3. The smallest absolute Gasteiger partial charge is 0.335 e. The van der Waals surface area contributed by atoms with Crippen molar-refractivity contribution in [3.63, 3.8) is 0 Å². The molecule has 5 rings (SSSR count). The molecule has 0 spiro atoms. The molecule has 1 aliphatic rings. The Bertz CT molecular complexity index is 1690. The zero-order valence-electron chi connectivity index (χ0n) is 27.1. The fourth-order valence-electron chi connectivity index (χ4n) is 6.24. The molecular formula is C39H38O8. The molecule has 0 bridgehead atoms. The van der Waals surface area contributed by atoms with E-state index in [2.05, 4.69) is 37.4 Å². The van der Waals surface area contributed by atoms with Crippen molar-refractivity contribution in [3.05, 3.63) is 120 Å². The Morgan fingerprint density at radius 1 is 0.532 bits per heavy atom. The van der Waals surface area contributed by atoms with Gasteiger partial charge in [-0.05, 0) is 74.2 Å². The van der Waals surface area contributed by atoms with Crippen molar-refractivity contribution in [2.24, 2.45) is 0 Å². The van der Waals surface area contributed by atoms with Crippen molar-refractivity contribution in [3.8, 4) is 45.6 Å². The molecule has 0 aromatic heterocycles. The second-order valence-corrected chi connectivity index (χ2v) is 10.4. The van der Waals surface area contributed by atoms with Gasteiger partial charge in [-0.2, -0.15) is 0 Å². The van der Waals surface area contributed by atoms with Gasteiger partial charge < -0.3 is 28.4 Å². The molecule has 0 radical (unpaired) electrons. The van der Waals surface area contributed by atoms with Crippen LogP contribution >= 0.6 is 0 Å². The maximum Gasteiger partial charge on any atom is 0.335 e. The molecule has 0 unspecified atom stereocenters. The summed E-state index contributed by atoms with van der Waals surface area (Å²) < 4.78 is 36.5. The van der Waals surface area contributed by atoms with Crippen molar-refractivity contribution < 1.29 is 38.0 Å². The van der Waals surface area contributed by atoms with Crippen LogP contribution in [0.1, 0.15) is 49.9 Å². The van der Waals surface area contributed by atoms with Gasteiger partial charge >= 0.3 is 11.9 Å². The van der Waals surface area contributed by atoms with Gasteiger partial charge in [0.05, 0.1) is 31.8 Å². The van der Waals surface area contributed by atoms with Gasteiger partial charge in [0.1, 0.15) is 0 Å². The minimum absolute atomic E-state index is 0.199. The molecule has 0 heterocycles. The van der Waals surface area contributed by atoms with Crippen molar-refractivity contribution in [2.45, 2.75) is 33.1 Å². The minimum atomic E-state index is -1.07. The molecule has 0 aliphatic heterocycles. The largest absolute Gasteiger partial charge is 0.489 e. The summed E-state index contributed by atoms with van der Waals surface area (Å²) >= 11 is 0. The Morgan fingerprint density at radius 3 is 1.26 bits per heavy atom. The molecule has 47 heavy (non-hydrogen) atoms. The SMILES string of the molecule is C=CC(=O)Oc1ccc(C2(c3ccc(OC(=O)C=C)c(OCC)c3OCC)c3ccccc3-c3ccccc32)c(OCC)c1OCC. The van der Waals surface area contributed by atoms with Gasteiger partial charge in [0, 0.05) is 23.3 Å². The molecule has 0 N–H and O–H groups in total. The Labute approximate surface area is 275 Å². The molecule has 0 fully saturated rings. The summed E-state index contributed by atoms with van der Waals surface area (Å²) in [7, 11) is 0. The highest BCUT2D eigenvalue weighted by atomic mass is 16.6. The van der Waals surface area contributed by atoms with Gasteiger partial charge in [-0.25, -0.2) is 9.59 Å². The molecule has 8 nitrogen and oxygen atoms in total. The van der Waals surface area contributed by atoms with E-state index < -0.39 is 17.4 Å². The molecule has 8 heteroatoms. The average Bonchev–Trinajstić information content (AvgIpc) is 3.38. The van der Waals surface area contributed by atoms with E-state index in [0.29, 0.717) is 24.7 Å². The van der Waals surface area contributed by atoms with Crippen LogP contribution in [-0.4, -0.2) is 38.4 Å². The van der Waals surface area contributed by atoms with Crippen LogP contribution < -0.4 is 28.4 Å². The van der Waals surface area contributed by atoms with Crippen molar-refractivity contribution in [1.82, 2.24) is 0 Å². The third-order valence-corrected chi connectivity index (χ3v) is 7.82. The minimum Gasteiger partial charge on any atom is -0.489 e.